The van der Waals surface area contributed by atoms with E-state index in [1.165, 1.54) is 11.3 Å². The number of aryl methyl sites for hydroxylation is 1. The third kappa shape index (κ3) is 2.84. The summed E-state index contributed by atoms with van der Waals surface area (Å²) in [4.78, 5) is 18.1. The highest BCUT2D eigenvalue weighted by atomic mass is 32.1. The number of carbonyl (C=O) groups excluding carboxylic acids is 1. The minimum Gasteiger partial charge on any atom is -0.496 e. The molecule has 0 atom stereocenters. The fourth-order valence-corrected chi connectivity index (χ4v) is 3.49. The first-order chi connectivity index (χ1) is 12.7. The second-order valence-electron chi connectivity index (χ2n) is 5.87. The molecule has 1 aromatic carbocycles. The monoisotopic (exact) mass is 363 g/mol. The van der Waals surface area contributed by atoms with E-state index < -0.39 is 0 Å². The van der Waals surface area contributed by atoms with E-state index in [4.69, 9.17) is 9.72 Å². The second kappa shape index (κ2) is 6.65. The van der Waals surface area contributed by atoms with Crippen molar-refractivity contribution in [3.05, 3.63) is 70.5 Å². The molecule has 4 rings (SSSR count). The molecule has 0 bridgehead atoms. The van der Waals surface area contributed by atoms with E-state index in [-0.39, 0.29) is 5.91 Å². The van der Waals surface area contributed by atoms with Crippen LogP contribution in [-0.2, 0) is 0 Å². The van der Waals surface area contributed by atoms with E-state index in [1.807, 2.05) is 65.4 Å². The lowest BCUT2D eigenvalue weighted by Gasteiger charge is -2.10. The first kappa shape index (κ1) is 16.4. The Bertz CT molecular complexity index is 1080. The average Bonchev–Trinajstić information content (AvgIpc) is 3.30. The number of pyridine rings is 1. The molecule has 0 aliphatic heterocycles. The van der Waals surface area contributed by atoms with Crippen molar-refractivity contribution in [1.82, 2.24) is 9.38 Å². The fourth-order valence-electron chi connectivity index (χ4n) is 2.87. The lowest BCUT2D eigenvalue weighted by molar-refractivity contribution is 0.103. The van der Waals surface area contributed by atoms with Gasteiger partial charge in [0.2, 0.25) is 0 Å². The Hall–Kier alpha value is -3.12. The molecule has 0 fully saturated rings. The number of para-hydroxylation sites is 1. The summed E-state index contributed by atoms with van der Waals surface area (Å²) in [5.74, 6) is 1.18. The third-order valence-electron chi connectivity index (χ3n) is 4.12. The summed E-state index contributed by atoms with van der Waals surface area (Å²) in [6.07, 6.45) is 1.92. The van der Waals surface area contributed by atoms with Gasteiger partial charge < -0.3 is 10.1 Å². The van der Waals surface area contributed by atoms with Gasteiger partial charge in [-0.2, -0.15) is 0 Å². The predicted octanol–water partition coefficient (Wildman–Crippen LogP) is 4.63. The van der Waals surface area contributed by atoms with E-state index in [0.29, 0.717) is 22.1 Å². The zero-order chi connectivity index (χ0) is 18.1. The minimum atomic E-state index is -0.154. The van der Waals surface area contributed by atoms with Gasteiger partial charge in [0.1, 0.15) is 22.9 Å². The van der Waals surface area contributed by atoms with Crippen molar-refractivity contribution in [2.45, 2.75) is 6.92 Å². The highest BCUT2D eigenvalue weighted by Gasteiger charge is 2.20. The van der Waals surface area contributed by atoms with Gasteiger partial charge in [0.15, 0.2) is 0 Å². The quantitative estimate of drug-likeness (QED) is 0.575. The van der Waals surface area contributed by atoms with Crippen LogP contribution in [0.1, 0.15) is 15.2 Å². The molecule has 0 unspecified atom stereocenters. The predicted molar refractivity (Wildman–Crippen MR) is 104 cm³/mol. The number of imidazole rings is 1. The lowest BCUT2D eigenvalue weighted by Crippen LogP contribution is -2.12. The average molecular weight is 363 g/mol. The van der Waals surface area contributed by atoms with E-state index >= 15 is 0 Å². The number of ether oxygens (including phenoxy) is 1. The number of fused-ring (bicyclic) bond motifs is 1. The van der Waals surface area contributed by atoms with Crippen LogP contribution < -0.4 is 10.1 Å². The number of anilines is 1. The van der Waals surface area contributed by atoms with E-state index in [9.17, 15) is 4.79 Å². The number of hydrogen-bond acceptors (Lipinski definition) is 4. The Morgan fingerprint density at radius 2 is 2.04 bits per heavy atom. The van der Waals surface area contributed by atoms with Gasteiger partial charge in [-0.25, -0.2) is 4.98 Å². The van der Waals surface area contributed by atoms with Gasteiger partial charge in [0.05, 0.1) is 12.0 Å². The number of nitrogens with one attached hydrogen (secondary N) is 1. The van der Waals surface area contributed by atoms with Crippen LogP contribution in [0.5, 0.6) is 5.75 Å². The van der Waals surface area contributed by atoms with E-state index in [0.717, 1.165) is 16.8 Å². The topological polar surface area (TPSA) is 55.6 Å². The maximum Gasteiger partial charge on any atom is 0.266 e. The van der Waals surface area contributed by atoms with Gasteiger partial charge in [-0.3, -0.25) is 9.20 Å². The maximum atomic E-state index is 12.6. The fraction of sp³-hybridized carbons (Fsp3) is 0.100. The third-order valence-corrected chi connectivity index (χ3v) is 4.99. The Kier molecular flexibility index (Phi) is 4.18. The van der Waals surface area contributed by atoms with Crippen LogP contribution in [0.4, 0.5) is 5.82 Å². The Morgan fingerprint density at radius 1 is 1.19 bits per heavy atom. The molecule has 0 radical (unpaired) electrons. The van der Waals surface area contributed by atoms with Crippen LogP contribution in [0.25, 0.3) is 16.9 Å². The second-order valence-corrected chi connectivity index (χ2v) is 6.82. The Balaban J connectivity index is 1.90. The summed E-state index contributed by atoms with van der Waals surface area (Å²) in [6, 6.07) is 15.3. The standard InChI is InChI=1S/C20H17N3O2S/c1-13-9-10-23-17(12-13)21-18(14-6-3-4-7-15(14)25-2)19(23)22-20(24)16-8-5-11-26-16/h3-12H,1-2H3,(H,22,24). The molecule has 0 saturated heterocycles. The van der Waals surface area contributed by atoms with Crippen molar-refractivity contribution in [2.24, 2.45) is 0 Å². The molecule has 0 spiro atoms. The molecule has 130 valence electrons. The highest BCUT2D eigenvalue weighted by molar-refractivity contribution is 7.12. The summed E-state index contributed by atoms with van der Waals surface area (Å²) in [5, 5.41) is 4.90. The summed E-state index contributed by atoms with van der Waals surface area (Å²) < 4.78 is 7.38. The lowest BCUT2D eigenvalue weighted by atomic mass is 10.1. The molecule has 3 aromatic heterocycles. The van der Waals surface area contributed by atoms with Gasteiger partial charge in [-0.1, -0.05) is 18.2 Å². The number of thiophene rings is 1. The molecular formula is C20H17N3O2S. The molecule has 26 heavy (non-hydrogen) atoms. The largest absolute Gasteiger partial charge is 0.496 e. The molecule has 3 heterocycles. The van der Waals surface area contributed by atoms with Gasteiger partial charge in [-0.15, -0.1) is 11.3 Å². The minimum absolute atomic E-state index is 0.154. The van der Waals surface area contributed by atoms with Gasteiger partial charge in [-0.05, 0) is 48.2 Å². The SMILES string of the molecule is COc1ccccc1-c1nc2cc(C)ccn2c1NC(=O)c1cccs1. The Morgan fingerprint density at radius 3 is 2.81 bits per heavy atom. The van der Waals surface area contributed by atoms with Gasteiger partial charge in [0.25, 0.3) is 5.91 Å². The molecule has 0 aliphatic carbocycles. The van der Waals surface area contributed by atoms with Crippen LogP contribution in [0, 0.1) is 6.92 Å². The first-order valence-electron chi connectivity index (χ1n) is 8.14. The van der Waals surface area contributed by atoms with Crippen molar-refractivity contribution in [1.29, 1.82) is 0 Å². The zero-order valence-electron chi connectivity index (χ0n) is 14.4. The molecular weight excluding hydrogens is 346 g/mol. The zero-order valence-corrected chi connectivity index (χ0v) is 15.2. The van der Waals surface area contributed by atoms with Gasteiger partial charge in [0, 0.05) is 11.8 Å². The molecule has 5 nitrogen and oxygen atoms in total. The molecule has 0 saturated carbocycles. The van der Waals surface area contributed by atoms with Crippen molar-refractivity contribution < 1.29 is 9.53 Å². The highest BCUT2D eigenvalue weighted by Crippen LogP contribution is 2.35. The van der Waals surface area contributed by atoms with Crippen LogP contribution in [-0.4, -0.2) is 22.4 Å². The first-order valence-corrected chi connectivity index (χ1v) is 9.02. The van der Waals surface area contributed by atoms with Crippen molar-refractivity contribution in [2.75, 3.05) is 12.4 Å². The number of carbonyl (C=O) groups is 1. The molecule has 4 aromatic rings. The molecule has 1 amide bonds. The van der Waals surface area contributed by atoms with Crippen molar-refractivity contribution in [3.63, 3.8) is 0 Å². The van der Waals surface area contributed by atoms with Crippen molar-refractivity contribution >= 4 is 28.7 Å². The van der Waals surface area contributed by atoms with Crippen LogP contribution >= 0.6 is 11.3 Å². The molecule has 6 heteroatoms. The number of benzene rings is 1. The summed E-state index contributed by atoms with van der Waals surface area (Å²) in [7, 11) is 1.63. The van der Waals surface area contributed by atoms with Crippen LogP contribution in [0.3, 0.4) is 0 Å². The molecule has 1 N–H and O–H groups in total. The summed E-state index contributed by atoms with van der Waals surface area (Å²) in [5.41, 5.74) is 3.38. The number of hydrogen-bond donors (Lipinski definition) is 1. The summed E-state index contributed by atoms with van der Waals surface area (Å²) in [6.45, 7) is 2.02. The Labute approximate surface area is 154 Å². The van der Waals surface area contributed by atoms with Crippen LogP contribution in [0.2, 0.25) is 0 Å². The van der Waals surface area contributed by atoms with Crippen LogP contribution in [0.15, 0.2) is 60.1 Å². The molecule has 0 aliphatic rings. The maximum absolute atomic E-state index is 12.6. The smallest absolute Gasteiger partial charge is 0.266 e. The number of nitrogens with zero attached hydrogens (tertiary/aromatic N) is 2. The number of methoxy groups -OCH3 is 1. The number of amides is 1. The van der Waals surface area contributed by atoms with Gasteiger partial charge >= 0.3 is 0 Å². The van der Waals surface area contributed by atoms with E-state index in [1.54, 1.807) is 13.2 Å². The summed E-state index contributed by atoms with van der Waals surface area (Å²) >= 11 is 1.40. The number of aromatic nitrogens is 2. The number of rotatable bonds is 4. The van der Waals surface area contributed by atoms with E-state index in [2.05, 4.69) is 5.32 Å². The van der Waals surface area contributed by atoms with Crippen molar-refractivity contribution in [3.8, 4) is 17.0 Å². The normalized spacial score (nSPS) is 10.8.